The maximum absolute atomic E-state index is 12.0. The maximum atomic E-state index is 12.0. The largest absolute Gasteiger partial charge is 0.279 e. The molecular weight excluding hydrogens is 272 g/mol. The van der Waals surface area contributed by atoms with E-state index in [9.17, 15) is 8.42 Å². The van der Waals surface area contributed by atoms with Crippen LogP contribution in [0.5, 0.6) is 0 Å². The highest BCUT2D eigenvalue weighted by Gasteiger charge is 2.22. The predicted molar refractivity (Wildman–Crippen MR) is 72.6 cm³/mol. The van der Waals surface area contributed by atoms with Crippen molar-refractivity contribution >= 4 is 21.8 Å². The molecule has 1 N–H and O–H groups in total. The van der Waals surface area contributed by atoms with Crippen LogP contribution in [0.4, 0.5) is 0 Å². The van der Waals surface area contributed by atoms with Gasteiger partial charge in [0.05, 0.1) is 0 Å². The van der Waals surface area contributed by atoms with E-state index in [1.165, 1.54) is 4.31 Å². The summed E-state index contributed by atoms with van der Waals surface area (Å²) < 4.78 is 28.2. The van der Waals surface area contributed by atoms with E-state index in [-0.39, 0.29) is 0 Å². The first-order valence-electron chi connectivity index (χ1n) is 6.07. The molecular formula is C12H17ClN2O2S. The summed E-state index contributed by atoms with van der Waals surface area (Å²) in [4.78, 5) is 0. The van der Waals surface area contributed by atoms with Crippen molar-refractivity contribution in [3.8, 4) is 0 Å². The van der Waals surface area contributed by atoms with E-state index in [2.05, 4.69) is 4.72 Å². The second-order valence-electron chi connectivity index (χ2n) is 4.41. The minimum Gasteiger partial charge on any atom is -0.198 e. The summed E-state index contributed by atoms with van der Waals surface area (Å²) in [5, 5.41) is 0.651. The Bertz CT molecular complexity index is 481. The highest BCUT2D eigenvalue weighted by Crippen LogP contribution is 2.13. The molecule has 0 unspecified atom stereocenters. The van der Waals surface area contributed by atoms with Crippen molar-refractivity contribution in [1.82, 2.24) is 9.03 Å². The van der Waals surface area contributed by atoms with Crippen LogP contribution in [0.1, 0.15) is 24.8 Å². The lowest BCUT2D eigenvalue weighted by Gasteiger charge is -2.25. The number of rotatable bonds is 4. The monoisotopic (exact) mass is 288 g/mol. The number of nitrogens with one attached hydrogen (secondary N) is 1. The van der Waals surface area contributed by atoms with Gasteiger partial charge >= 0.3 is 0 Å². The Kier molecular flexibility index (Phi) is 4.61. The minimum absolute atomic E-state index is 0.302. The fourth-order valence-corrected chi connectivity index (χ4v) is 3.37. The average molecular weight is 289 g/mol. The van der Waals surface area contributed by atoms with Crippen LogP contribution in [0, 0.1) is 0 Å². The molecule has 0 atom stereocenters. The molecule has 1 aliphatic rings. The molecule has 1 aromatic rings. The van der Waals surface area contributed by atoms with E-state index in [1.807, 2.05) is 12.1 Å². The Morgan fingerprint density at radius 3 is 2.33 bits per heavy atom. The molecule has 0 bridgehead atoms. The van der Waals surface area contributed by atoms with Crippen LogP contribution >= 0.6 is 11.6 Å². The van der Waals surface area contributed by atoms with Crippen molar-refractivity contribution in [3.05, 3.63) is 34.9 Å². The molecule has 0 aliphatic carbocycles. The SMILES string of the molecule is O=S(=O)(NCc1ccc(Cl)cc1)N1CCCCC1. The van der Waals surface area contributed by atoms with E-state index < -0.39 is 10.2 Å². The van der Waals surface area contributed by atoms with E-state index in [0.29, 0.717) is 24.7 Å². The van der Waals surface area contributed by atoms with Gasteiger partial charge in [0.1, 0.15) is 0 Å². The van der Waals surface area contributed by atoms with Crippen molar-refractivity contribution in [2.24, 2.45) is 0 Å². The lowest BCUT2D eigenvalue weighted by Crippen LogP contribution is -2.43. The van der Waals surface area contributed by atoms with Crippen molar-refractivity contribution in [3.63, 3.8) is 0 Å². The maximum Gasteiger partial charge on any atom is 0.279 e. The van der Waals surface area contributed by atoms with Crippen LogP contribution in [0.2, 0.25) is 5.02 Å². The molecule has 6 heteroatoms. The van der Waals surface area contributed by atoms with E-state index in [4.69, 9.17) is 11.6 Å². The molecule has 0 aromatic heterocycles. The Balaban J connectivity index is 1.94. The zero-order chi connectivity index (χ0) is 13.0. The molecule has 1 fully saturated rings. The summed E-state index contributed by atoms with van der Waals surface area (Å²) in [6.45, 7) is 1.54. The first-order valence-corrected chi connectivity index (χ1v) is 7.89. The van der Waals surface area contributed by atoms with Gasteiger partial charge < -0.3 is 0 Å². The van der Waals surface area contributed by atoms with E-state index in [0.717, 1.165) is 24.8 Å². The summed E-state index contributed by atoms with van der Waals surface area (Å²) in [6, 6.07) is 7.15. The summed E-state index contributed by atoms with van der Waals surface area (Å²) in [5.41, 5.74) is 0.903. The molecule has 2 rings (SSSR count). The van der Waals surface area contributed by atoms with Crippen molar-refractivity contribution in [2.75, 3.05) is 13.1 Å². The number of halogens is 1. The predicted octanol–water partition coefficient (Wildman–Crippen LogP) is 2.16. The zero-order valence-corrected chi connectivity index (χ0v) is 11.7. The molecule has 4 nitrogen and oxygen atoms in total. The fraction of sp³-hybridized carbons (Fsp3) is 0.500. The molecule has 0 spiro atoms. The lowest BCUT2D eigenvalue weighted by atomic mass is 10.2. The standard InChI is InChI=1S/C12H17ClN2O2S/c13-12-6-4-11(5-7-12)10-14-18(16,17)15-8-2-1-3-9-15/h4-7,14H,1-3,8-10H2. The Labute approximate surface area is 113 Å². The van der Waals surface area contributed by atoms with Crippen molar-refractivity contribution < 1.29 is 8.42 Å². The van der Waals surface area contributed by atoms with Crippen molar-refractivity contribution in [1.29, 1.82) is 0 Å². The summed E-state index contributed by atoms with van der Waals surface area (Å²) in [7, 11) is -3.34. The normalized spacial score (nSPS) is 17.8. The Hall–Kier alpha value is -0.620. The average Bonchev–Trinajstić information content (AvgIpc) is 2.39. The van der Waals surface area contributed by atoms with Gasteiger partial charge in [0.25, 0.3) is 10.2 Å². The topological polar surface area (TPSA) is 49.4 Å². The third kappa shape index (κ3) is 3.68. The molecule has 18 heavy (non-hydrogen) atoms. The van der Waals surface area contributed by atoms with Crippen LogP contribution < -0.4 is 4.72 Å². The van der Waals surface area contributed by atoms with Gasteiger partial charge in [-0.05, 0) is 30.5 Å². The first-order chi connectivity index (χ1) is 8.58. The van der Waals surface area contributed by atoms with Gasteiger partial charge in [-0.25, -0.2) is 0 Å². The Morgan fingerprint density at radius 1 is 1.11 bits per heavy atom. The third-order valence-electron chi connectivity index (χ3n) is 3.03. The molecule has 0 radical (unpaired) electrons. The van der Waals surface area contributed by atoms with Crippen LogP contribution in [0.3, 0.4) is 0 Å². The van der Waals surface area contributed by atoms with Crippen LogP contribution in [-0.4, -0.2) is 25.8 Å². The molecule has 1 aliphatic heterocycles. The smallest absolute Gasteiger partial charge is 0.198 e. The van der Waals surface area contributed by atoms with Crippen LogP contribution in [0.15, 0.2) is 24.3 Å². The number of benzene rings is 1. The van der Waals surface area contributed by atoms with Crippen molar-refractivity contribution in [2.45, 2.75) is 25.8 Å². The number of nitrogens with zero attached hydrogens (tertiary/aromatic N) is 1. The number of piperidine rings is 1. The molecule has 1 saturated heterocycles. The zero-order valence-electron chi connectivity index (χ0n) is 10.1. The molecule has 1 heterocycles. The van der Waals surface area contributed by atoms with Gasteiger partial charge in [0.2, 0.25) is 0 Å². The van der Waals surface area contributed by atoms with Crippen LogP contribution in [-0.2, 0) is 16.8 Å². The number of hydrogen-bond donors (Lipinski definition) is 1. The summed E-state index contributed by atoms with van der Waals surface area (Å²) >= 11 is 5.78. The summed E-state index contributed by atoms with van der Waals surface area (Å²) in [6.07, 6.45) is 3.01. The van der Waals surface area contributed by atoms with Gasteiger partial charge in [-0.15, -0.1) is 0 Å². The first kappa shape index (κ1) is 13.8. The van der Waals surface area contributed by atoms with Gasteiger partial charge in [0, 0.05) is 24.7 Å². The number of hydrogen-bond acceptors (Lipinski definition) is 2. The van der Waals surface area contributed by atoms with E-state index >= 15 is 0 Å². The van der Waals surface area contributed by atoms with Crippen LogP contribution in [0.25, 0.3) is 0 Å². The molecule has 0 saturated carbocycles. The fourth-order valence-electron chi connectivity index (χ4n) is 1.97. The molecule has 100 valence electrons. The van der Waals surface area contributed by atoms with E-state index in [1.54, 1.807) is 12.1 Å². The van der Waals surface area contributed by atoms with Gasteiger partial charge in [0.15, 0.2) is 0 Å². The second kappa shape index (κ2) is 6.02. The second-order valence-corrected chi connectivity index (χ2v) is 6.60. The third-order valence-corrected chi connectivity index (χ3v) is 4.83. The minimum atomic E-state index is -3.34. The highest BCUT2D eigenvalue weighted by molar-refractivity contribution is 7.87. The molecule has 1 aromatic carbocycles. The molecule has 0 amide bonds. The van der Waals surface area contributed by atoms with Gasteiger partial charge in [-0.3, -0.25) is 0 Å². The van der Waals surface area contributed by atoms with Gasteiger partial charge in [-0.2, -0.15) is 17.4 Å². The highest BCUT2D eigenvalue weighted by atomic mass is 35.5. The lowest BCUT2D eigenvalue weighted by molar-refractivity contribution is 0.341. The summed E-state index contributed by atoms with van der Waals surface area (Å²) in [5.74, 6) is 0. The Morgan fingerprint density at radius 2 is 1.72 bits per heavy atom. The van der Waals surface area contributed by atoms with Gasteiger partial charge in [-0.1, -0.05) is 30.2 Å². The quantitative estimate of drug-likeness (QED) is 0.923.